The molecule has 3 amide bonds. The highest BCUT2D eigenvalue weighted by atomic mass is 32.2. The van der Waals surface area contributed by atoms with Crippen LogP contribution in [-0.2, 0) is 19.4 Å². The van der Waals surface area contributed by atoms with E-state index in [4.69, 9.17) is 10.8 Å². The summed E-state index contributed by atoms with van der Waals surface area (Å²) >= 11 is 0. The lowest BCUT2D eigenvalue weighted by molar-refractivity contribution is -0.138. The fourth-order valence-electron chi connectivity index (χ4n) is 2.18. The fraction of sp³-hybridized carbons (Fsp3) is 0.727. The second-order valence-electron chi connectivity index (χ2n) is 5.10. The first-order chi connectivity index (χ1) is 9.60. The summed E-state index contributed by atoms with van der Waals surface area (Å²) in [6.45, 7) is 0.947. The Morgan fingerprint density at radius 3 is 2.48 bits per heavy atom. The summed E-state index contributed by atoms with van der Waals surface area (Å²) in [5.41, 5.74) is 5.01. The van der Waals surface area contributed by atoms with Crippen molar-refractivity contribution in [3.8, 4) is 0 Å². The maximum atomic E-state index is 12.1. The predicted molar refractivity (Wildman–Crippen MR) is 73.2 cm³/mol. The molecule has 9 nitrogen and oxygen atoms in total. The molecular weight excluding hydrogens is 302 g/mol. The van der Waals surface area contributed by atoms with Gasteiger partial charge in [-0.2, -0.15) is 0 Å². The SMILES string of the molecule is CC(CC(N)=O)NC(=O)N(CC(=O)O)C1CCS(=O)(=O)C1. The molecule has 1 aliphatic heterocycles. The van der Waals surface area contributed by atoms with E-state index in [9.17, 15) is 22.8 Å². The normalized spacial score (nSPS) is 21.5. The zero-order chi connectivity index (χ0) is 16.2. The third-order valence-electron chi connectivity index (χ3n) is 3.09. The van der Waals surface area contributed by atoms with Crippen LogP contribution in [0.15, 0.2) is 0 Å². The number of hydrogen-bond acceptors (Lipinski definition) is 5. The number of urea groups is 1. The number of nitrogens with two attached hydrogens (primary N) is 1. The van der Waals surface area contributed by atoms with Gasteiger partial charge in [0.2, 0.25) is 5.91 Å². The molecule has 0 bridgehead atoms. The predicted octanol–water partition coefficient (Wildman–Crippen LogP) is -1.47. The van der Waals surface area contributed by atoms with E-state index in [-0.39, 0.29) is 24.3 Å². The Bertz CT molecular complexity index is 532. The monoisotopic (exact) mass is 321 g/mol. The second-order valence-corrected chi connectivity index (χ2v) is 7.33. The second kappa shape index (κ2) is 6.74. The highest BCUT2D eigenvalue weighted by Gasteiger charge is 2.36. The summed E-state index contributed by atoms with van der Waals surface area (Å²) < 4.78 is 22.9. The Morgan fingerprint density at radius 2 is 2.05 bits per heavy atom. The smallest absolute Gasteiger partial charge is 0.323 e. The Morgan fingerprint density at radius 1 is 1.43 bits per heavy atom. The Kier molecular flexibility index (Phi) is 5.53. The first kappa shape index (κ1) is 17.2. The van der Waals surface area contributed by atoms with Gasteiger partial charge in [0.1, 0.15) is 6.54 Å². The summed E-state index contributed by atoms with van der Waals surface area (Å²) in [5, 5.41) is 11.3. The molecule has 120 valence electrons. The van der Waals surface area contributed by atoms with Crippen LogP contribution in [0.4, 0.5) is 4.79 Å². The van der Waals surface area contributed by atoms with Crippen LogP contribution < -0.4 is 11.1 Å². The molecule has 1 rings (SSSR count). The average Bonchev–Trinajstić information content (AvgIpc) is 2.64. The van der Waals surface area contributed by atoms with Crippen molar-refractivity contribution in [3.05, 3.63) is 0 Å². The van der Waals surface area contributed by atoms with E-state index in [1.807, 2.05) is 0 Å². The number of amides is 3. The molecule has 0 spiro atoms. The molecule has 1 saturated heterocycles. The van der Waals surface area contributed by atoms with Crippen molar-refractivity contribution in [2.45, 2.75) is 31.8 Å². The van der Waals surface area contributed by atoms with E-state index in [1.54, 1.807) is 6.92 Å². The quantitative estimate of drug-likeness (QED) is 0.544. The van der Waals surface area contributed by atoms with Crippen LogP contribution in [-0.4, -0.2) is 66.5 Å². The molecule has 0 radical (unpaired) electrons. The number of hydrogen-bond donors (Lipinski definition) is 3. The van der Waals surface area contributed by atoms with Gasteiger partial charge >= 0.3 is 12.0 Å². The van der Waals surface area contributed by atoms with Gasteiger partial charge < -0.3 is 21.1 Å². The van der Waals surface area contributed by atoms with Crippen LogP contribution in [0.3, 0.4) is 0 Å². The molecule has 1 fully saturated rings. The van der Waals surface area contributed by atoms with E-state index >= 15 is 0 Å². The van der Waals surface area contributed by atoms with Gasteiger partial charge in [-0.3, -0.25) is 9.59 Å². The lowest BCUT2D eigenvalue weighted by Gasteiger charge is -2.28. The van der Waals surface area contributed by atoms with Gasteiger partial charge in [-0.1, -0.05) is 0 Å². The van der Waals surface area contributed by atoms with Crippen LogP contribution in [0.5, 0.6) is 0 Å². The van der Waals surface area contributed by atoms with Crippen molar-refractivity contribution in [2.75, 3.05) is 18.1 Å². The Hall–Kier alpha value is -1.84. The summed E-state index contributed by atoms with van der Waals surface area (Å²) in [5.74, 6) is -2.16. The van der Waals surface area contributed by atoms with Gasteiger partial charge in [-0.25, -0.2) is 13.2 Å². The number of carbonyl (C=O) groups excluding carboxylic acids is 2. The fourth-order valence-corrected chi connectivity index (χ4v) is 3.91. The molecule has 4 N–H and O–H groups in total. The molecule has 1 heterocycles. The van der Waals surface area contributed by atoms with Crippen LogP contribution in [0.25, 0.3) is 0 Å². The molecule has 2 unspecified atom stereocenters. The largest absolute Gasteiger partial charge is 0.480 e. The Balaban J connectivity index is 2.75. The third-order valence-corrected chi connectivity index (χ3v) is 4.84. The van der Waals surface area contributed by atoms with Crippen molar-refractivity contribution in [1.29, 1.82) is 0 Å². The Labute approximate surface area is 122 Å². The highest BCUT2D eigenvalue weighted by Crippen LogP contribution is 2.18. The van der Waals surface area contributed by atoms with Crippen molar-refractivity contribution in [3.63, 3.8) is 0 Å². The maximum absolute atomic E-state index is 12.1. The van der Waals surface area contributed by atoms with Gasteiger partial charge in [0.05, 0.1) is 11.5 Å². The van der Waals surface area contributed by atoms with Gasteiger partial charge in [0.15, 0.2) is 9.84 Å². The molecule has 0 aromatic carbocycles. The average molecular weight is 321 g/mol. The summed E-state index contributed by atoms with van der Waals surface area (Å²) in [4.78, 5) is 34.7. The minimum Gasteiger partial charge on any atom is -0.480 e. The first-order valence-electron chi connectivity index (χ1n) is 6.38. The number of carbonyl (C=O) groups is 3. The van der Waals surface area contributed by atoms with E-state index in [0.717, 1.165) is 4.90 Å². The molecule has 21 heavy (non-hydrogen) atoms. The number of rotatable bonds is 6. The van der Waals surface area contributed by atoms with Gasteiger partial charge in [0.25, 0.3) is 0 Å². The maximum Gasteiger partial charge on any atom is 0.323 e. The lowest BCUT2D eigenvalue weighted by atomic mass is 10.2. The van der Waals surface area contributed by atoms with E-state index < -0.39 is 46.4 Å². The third kappa shape index (κ3) is 5.58. The number of carboxylic acids is 1. The highest BCUT2D eigenvalue weighted by molar-refractivity contribution is 7.91. The van der Waals surface area contributed by atoms with E-state index in [2.05, 4.69) is 5.32 Å². The zero-order valence-corrected chi connectivity index (χ0v) is 12.4. The summed E-state index contributed by atoms with van der Waals surface area (Å²) in [6, 6.07) is -1.95. The molecule has 0 aromatic rings. The number of nitrogens with zero attached hydrogens (tertiary/aromatic N) is 1. The molecule has 0 saturated carbocycles. The number of carboxylic acid groups (broad SMARTS) is 1. The van der Waals surface area contributed by atoms with Gasteiger partial charge in [-0.15, -0.1) is 0 Å². The first-order valence-corrected chi connectivity index (χ1v) is 8.20. The number of primary amides is 1. The molecule has 1 aliphatic rings. The van der Waals surface area contributed by atoms with E-state index in [0.29, 0.717) is 0 Å². The molecule has 0 aliphatic carbocycles. The van der Waals surface area contributed by atoms with Gasteiger partial charge in [0, 0.05) is 18.5 Å². The molecular formula is C11H19N3O6S. The molecule has 2 atom stereocenters. The van der Waals surface area contributed by atoms with Gasteiger partial charge in [-0.05, 0) is 13.3 Å². The van der Waals surface area contributed by atoms with Crippen LogP contribution in [0, 0.1) is 0 Å². The number of aliphatic carboxylic acids is 1. The molecule has 0 aromatic heterocycles. The number of sulfone groups is 1. The van der Waals surface area contributed by atoms with Crippen molar-refractivity contribution in [2.24, 2.45) is 5.73 Å². The minimum atomic E-state index is -3.25. The van der Waals surface area contributed by atoms with Crippen LogP contribution >= 0.6 is 0 Å². The number of nitrogens with one attached hydrogen (secondary N) is 1. The minimum absolute atomic E-state index is 0.0715. The van der Waals surface area contributed by atoms with Crippen molar-refractivity contribution >= 4 is 27.7 Å². The van der Waals surface area contributed by atoms with Crippen LogP contribution in [0.2, 0.25) is 0 Å². The molecule has 10 heteroatoms. The van der Waals surface area contributed by atoms with Crippen molar-refractivity contribution in [1.82, 2.24) is 10.2 Å². The standard InChI is InChI=1S/C11H19N3O6S/c1-7(4-9(12)15)13-11(18)14(5-10(16)17)8-2-3-21(19,20)6-8/h7-8H,2-6H2,1H3,(H2,12,15)(H,13,18)(H,16,17). The zero-order valence-electron chi connectivity index (χ0n) is 11.6. The van der Waals surface area contributed by atoms with Crippen molar-refractivity contribution < 1.29 is 27.9 Å². The topological polar surface area (TPSA) is 147 Å². The van der Waals surface area contributed by atoms with E-state index in [1.165, 1.54) is 0 Å². The summed E-state index contributed by atoms with van der Waals surface area (Å²) in [7, 11) is -3.25. The lowest BCUT2D eigenvalue weighted by Crippen LogP contribution is -2.51. The summed E-state index contributed by atoms with van der Waals surface area (Å²) in [6.07, 6.45) is 0.114. The van der Waals surface area contributed by atoms with Crippen LogP contribution in [0.1, 0.15) is 19.8 Å².